The zero-order chi connectivity index (χ0) is 10.7. The van der Waals surface area contributed by atoms with Gasteiger partial charge in [-0.05, 0) is 18.6 Å². The van der Waals surface area contributed by atoms with E-state index < -0.39 is 0 Å². The van der Waals surface area contributed by atoms with E-state index in [9.17, 15) is 0 Å². The molecule has 1 aromatic carbocycles. The molecule has 0 bridgehead atoms. The van der Waals surface area contributed by atoms with E-state index >= 15 is 0 Å². The van der Waals surface area contributed by atoms with Gasteiger partial charge in [-0.1, -0.05) is 13.3 Å². The molecule has 0 aliphatic carbocycles. The second-order valence-corrected chi connectivity index (χ2v) is 3.53. The largest absolute Gasteiger partial charge is 0.423 e. The Bertz CT molecular complexity index is 450. The van der Waals surface area contributed by atoms with Crippen LogP contribution >= 0.6 is 0 Å². The van der Waals surface area contributed by atoms with E-state index in [1.54, 1.807) is 6.07 Å². The van der Waals surface area contributed by atoms with Gasteiger partial charge in [0.15, 0.2) is 5.58 Å². The quantitative estimate of drug-likeness (QED) is 0.595. The Morgan fingerprint density at radius 1 is 1.47 bits per heavy atom. The fourth-order valence-electron chi connectivity index (χ4n) is 1.39. The standard InChI is InChI=1S/C11H15N3O/c1-2-3-6-13-11-14-9-5-4-8(12)7-10(9)15-11/h4-5,7H,2-3,6,12H2,1H3,(H,13,14). The number of aromatic nitrogens is 1. The molecule has 0 aliphatic rings. The molecule has 0 saturated heterocycles. The van der Waals surface area contributed by atoms with Crippen LogP contribution in [0.4, 0.5) is 11.7 Å². The molecule has 1 heterocycles. The number of anilines is 2. The lowest BCUT2D eigenvalue weighted by Crippen LogP contribution is -2.00. The van der Waals surface area contributed by atoms with Gasteiger partial charge < -0.3 is 15.5 Å². The molecule has 2 rings (SSSR count). The Labute approximate surface area is 88.5 Å². The minimum absolute atomic E-state index is 0.573. The van der Waals surface area contributed by atoms with Crippen molar-refractivity contribution in [3.05, 3.63) is 18.2 Å². The predicted molar refractivity (Wildman–Crippen MR) is 61.8 cm³/mol. The number of fused-ring (bicyclic) bond motifs is 1. The number of nitrogens with zero attached hydrogens (tertiary/aromatic N) is 1. The van der Waals surface area contributed by atoms with Crippen LogP contribution in [0.2, 0.25) is 0 Å². The number of benzene rings is 1. The number of nitrogen functional groups attached to an aromatic ring is 1. The molecule has 4 heteroatoms. The average molecular weight is 205 g/mol. The van der Waals surface area contributed by atoms with Gasteiger partial charge in [0.25, 0.3) is 6.01 Å². The van der Waals surface area contributed by atoms with Gasteiger partial charge in [-0.3, -0.25) is 0 Å². The molecule has 0 amide bonds. The summed E-state index contributed by atoms with van der Waals surface area (Å²) in [5.74, 6) is 0. The highest BCUT2D eigenvalue weighted by Gasteiger charge is 2.04. The van der Waals surface area contributed by atoms with Crippen LogP contribution in [0.15, 0.2) is 22.6 Å². The van der Waals surface area contributed by atoms with Gasteiger partial charge >= 0.3 is 0 Å². The summed E-state index contributed by atoms with van der Waals surface area (Å²) < 4.78 is 5.49. The first kappa shape index (κ1) is 9.83. The fraction of sp³-hybridized carbons (Fsp3) is 0.364. The van der Waals surface area contributed by atoms with E-state index in [2.05, 4.69) is 17.2 Å². The van der Waals surface area contributed by atoms with Gasteiger partial charge in [0.1, 0.15) is 5.52 Å². The first-order valence-corrected chi connectivity index (χ1v) is 5.19. The van der Waals surface area contributed by atoms with Crippen LogP contribution in [0.5, 0.6) is 0 Å². The molecule has 1 aromatic heterocycles. The highest BCUT2D eigenvalue weighted by molar-refractivity contribution is 5.77. The minimum Gasteiger partial charge on any atom is -0.423 e. The summed E-state index contributed by atoms with van der Waals surface area (Å²) in [5.41, 5.74) is 7.91. The first-order valence-electron chi connectivity index (χ1n) is 5.19. The van der Waals surface area contributed by atoms with E-state index in [0.29, 0.717) is 11.7 Å². The SMILES string of the molecule is CCCCNc1nc2ccc(N)cc2o1. The van der Waals surface area contributed by atoms with Crippen molar-refractivity contribution in [2.24, 2.45) is 0 Å². The van der Waals surface area contributed by atoms with Crippen molar-refractivity contribution in [3.8, 4) is 0 Å². The second kappa shape index (κ2) is 4.21. The van der Waals surface area contributed by atoms with Crippen molar-refractivity contribution in [2.75, 3.05) is 17.6 Å². The van der Waals surface area contributed by atoms with Gasteiger partial charge in [0, 0.05) is 18.3 Å². The Kier molecular flexibility index (Phi) is 2.76. The summed E-state index contributed by atoms with van der Waals surface area (Å²) in [7, 11) is 0. The predicted octanol–water partition coefficient (Wildman–Crippen LogP) is 2.62. The molecule has 15 heavy (non-hydrogen) atoms. The minimum atomic E-state index is 0.573. The van der Waals surface area contributed by atoms with Crippen molar-refractivity contribution < 1.29 is 4.42 Å². The third-order valence-corrected chi connectivity index (χ3v) is 2.22. The van der Waals surface area contributed by atoms with Gasteiger partial charge in [-0.2, -0.15) is 4.98 Å². The highest BCUT2D eigenvalue weighted by Crippen LogP contribution is 2.20. The van der Waals surface area contributed by atoms with Crippen LogP contribution in [-0.2, 0) is 0 Å². The first-order chi connectivity index (χ1) is 7.29. The lowest BCUT2D eigenvalue weighted by molar-refractivity contribution is 0.611. The Morgan fingerprint density at radius 3 is 3.13 bits per heavy atom. The van der Waals surface area contributed by atoms with Gasteiger partial charge in [-0.15, -0.1) is 0 Å². The number of nitrogens with one attached hydrogen (secondary N) is 1. The van der Waals surface area contributed by atoms with E-state index in [0.717, 1.165) is 30.5 Å². The average Bonchev–Trinajstić information content (AvgIpc) is 2.60. The molecule has 0 fully saturated rings. The maximum Gasteiger partial charge on any atom is 0.295 e. The van der Waals surface area contributed by atoms with Crippen LogP contribution in [0.25, 0.3) is 11.1 Å². The maximum absolute atomic E-state index is 5.65. The Hall–Kier alpha value is -1.71. The van der Waals surface area contributed by atoms with Crippen LogP contribution in [0.1, 0.15) is 19.8 Å². The number of oxazole rings is 1. The van der Waals surface area contributed by atoms with Crippen LogP contribution in [-0.4, -0.2) is 11.5 Å². The van der Waals surface area contributed by atoms with Crippen molar-refractivity contribution in [1.29, 1.82) is 0 Å². The number of hydrogen-bond acceptors (Lipinski definition) is 4. The fourth-order valence-corrected chi connectivity index (χ4v) is 1.39. The molecular weight excluding hydrogens is 190 g/mol. The normalized spacial score (nSPS) is 10.7. The van der Waals surface area contributed by atoms with E-state index in [1.807, 2.05) is 12.1 Å². The summed E-state index contributed by atoms with van der Waals surface area (Å²) in [5, 5.41) is 3.14. The smallest absolute Gasteiger partial charge is 0.295 e. The van der Waals surface area contributed by atoms with Crippen LogP contribution < -0.4 is 11.1 Å². The van der Waals surface area contributed by atoms with Gasteiger partial charge in [-0.25, -0.2) is 0 Å². The molecule has 0 unspecified atom stereocenters. The third-order valence-electron chi connectivity index (χ3n) is 2.22. The molecule has 0 aliphatic heterocycles. The molecule has 0 spiro atoms. The van der Waals surface area contributed by atoms with E-state index in [4.69, 9.17) is 10.2 Å². The molecule has 4 nitrogen and oxygen atoms in total. The third kappa shape index (κ3) is 2.21. The lowest BCUT2D eigenvalue weighted by Gasteiger charge is -1.97. The molecule has 0 radical (unpaired) electrons. The monoisotopic (exact) mass is 205 g/mol. The van der Waals surface area contributed by atoms with Crippen molar-refractivity contribution in [1.82, 2.24) is 4.98 Å². The molecule has 80 valence electrons. The van der Waals surface area contributed by atoms with Gasteiger partial charge in [0.2, 0.25) is 0 Å². The molecule has 2 aromatic rings. The maximum atomic E-state index is 5.65. The van der Waals surface area contributed by atoms with Crippen LogP contribution in [0.3, 0.4) is 0 Å². The highest BCUT2D eigenvalue weighted by atomic mass is 16.4. The number of hydrogen-bond donors (Lipinski definition) is 2. The van der Waals surface area contributed by atoms with Crippen molar-refractivity contribution in [3.63, 3.8) is 0 Å². The topological polar surface area (TPSA) is 64.1 Å². The molecule has 0 atom stereocenters. The zero-order valence-corrected chi connectivity index (χ0v) is 8.79. The number of unbranched alkanes of at least 4 members (excludes halogenated alkanes) is 1. The Balaban J connectivity index is 2.16. The van der Waals surface area contributed by atoms with Crippen molar-refractivity contribution >= 4 is 22.8 Å². The molecule has 3 N–H and O–H groups in total. The zero-order valence-electron chi connectivity index (χ0n) is 8.79. The lowest BCUT2D eigenvalue weighted by atomic mass is 10.3. The van der Waals surface area contributed by atoms with E-state index in [1.165, 1.54) is 0 Å². The number of nitrogens with two attached hydrogens (primary N) is 1. The molecular formula is C11H15N3O. The Morgan fingerprint density at radius 2 is 2.33 bits per heavy atom. The number of rotatable bonds is 4. The van der Waals surface area contributed by atoms with Crippen LogP contribution in [0, 0.1) is 0 Å². The summed E-state index contributed by atoms with van der Waals surface area (Å²) in [6, 6.07) is 6.04. The summed E-state index contributed by atoms with van der Waals surface area (Å²) in [6.45, 7) is 3.03. The summed E-state index contributed by atoms with van der Waals surface area (Å²) >= 11 is 0. The summed E-state index contributed by atoms with van der Waals surface area (Å²) in [6.07, 6.45) is 2.26. The molecule has 0 saturated carbocycles. The van der Waals surface area contributed by atoms with Gasteiger partial charge in [0.05, 0.1) is 0 Å². The second-order valence-electron chi connectivity index (χ2n) is 3.53. The summed E-state index contributed by atoms with van der Waals surface area (Å²) in [4.78, 5) is 4.29. The van der Waals surface area contributed by atoms with E-state index in [-0.39, 0.29) is 0 Å². The van der Waals surface area contributed by atoms with Crippen molar-refractivity contribution in [2.45, 2.75) is 19.8 Å².